The maximum Gasteiger partial charge on any atom is 0.319 e. The number of hydrogen-bond donors (Lipinski definition) is 1. The maximum absolute atomic E-state index is 14.7. The summed E-state index contributed by atoms with van der Waals surface area (Å²) in [6, 6.07) is 22.2. The molecule has 148 valence electrons. The summed E-state index contributed by atoms with van der Waals surface area (Å²) in [6.45, 7) is 0.00795. The highest BCUT2D eigenvalue weighted by Gasteiger charge is 2.38. The second-order valence-corrected chi connectivity index (χ2v) is 7.78. The molecule has 3 aromatic rings. The van der Waals surface area contributed by atoms with Crippen LogP contribution in [0.25, 0.3) is 0 Å². The molecule has 6 heteroatoms. The van der Waals surface area contributed by atoms with Crippen LogP contribution < -0.4 is 5.32 Å². The van der Waals surface area contributed by atoms with E-state index in [1.54, 1.807) is 18.2 Å². The molecule has 0 fully saturated rings. The van der Waals surface area contributed by atoms with Crippen LogP contribution in [-0.4, -0.2) is 24.5 Å². The molecule has 4 nitrogen and oxygen atoms in total. The molecule has 0 amide bonds. The van der Waals surface area contributed by atoms with Crippen molar-refractivity contribution in [3.8, 4) is 0 Å². The first-order valence-corrected chi connectivity index (χ1v) is 10.1. The number of benzene rings is 3. The molecule has 0 bridgehead atoms. The Bertz CT molecular complexity index is 1030. The molecule has 0 aromatic heterocycles. The Labute approximate surface area is 177 Å². The van der Waals surface area contributed by atoms with Gasteiger partial charge in [0, 0.05) is 15.7 Å². The van der Waals surface area contributed by atoms with Crippen molar-refractivity contribution in [3.05, 3.63) is 99.8 Å². The number of nitrogens with zero attached hydrogens (tertiary/aromatic N) is 1. The number of carbonyl (C=O) groups excluding carboxylic acids is 1. The summed E-state index contributed by atoms with van der Waals surface area (Å²) in [5.41, 5.74) is 3.39. The second-order valence-electron chi connectivity index (χ2n) is 6.86. The molecule has 0 aliphatic carbocycles. The number of ether oxygens (including phenoxy) is 1. The minimum Gasteiger partial charge on any atom is -0.468 e. The lowest BCUT2D eigenvalue weighted by atomic mass is 9.91. The average molecular weight is 455 g/mol. The lowest BCUT2D eigenvalue weighted by molar-refractivity contribution is -0.143. The van der Waals surface area contributed by atoms with E-state index < -0.39 is 6.17 Å². The van der Waals surface area contributed by atoms with E-state index in [1.165, 1.54) is 13.2 Å². The Morgan fingerprint density at radius 1 is 1.07 bits per heavy atom. The fourth-order valence-electron chi connectivity index (χ4n) is 3.80. The second kappa shape index (κ2) is 8.35. The monoisotopic (exact) mass is 454 g/mol. The van der Waals surface area contributed by atoms with Crippen LogP contribution in [0.5, 0.6) is 0 Å². The molecular formula is C23H20BrFN2O2. The smallest absolute Gasteiger partial charge is 0.319 e. The number of halogens is 2. The number of hydrogen-bond acceptors (Lipinski definition) is 4. The van der Waals surface area contributed by atoms with Crippen LogP contribution in [0.15, 0.2) is 77.3 Å². The number of rotatable bonds is 4. The van der Waals surface area contributed by atoms with Crippen molar-refractivity contribution in [1.29, 1.82) is 0 Å². The van der Waals surface area contributed by atoms with Gasteiger partial charge >= 0.3 is 5.97 Å². The summed E-state index contributed by atoms with van der Waals surface area (Å²) >= 11 is 3.55. The van der Waals surface area contributed by atoms with Crippen molar-refractivity contribution in [3.63, 3.8) is 0 Å². The van der Waals surface area contributed by atoms with Crippen molar-refractivity contribution < 1.29 is 13.9 Å². The van der Waals surface area contributed by atoms with Gasteiger partial charge in [-0.3, -0.25) is 9.69 Å². The molecule has 0 radical (unpaired) electrons. The van der Waals surface area contributed by atoms with Crippen molar-refractivity contribution >= 4 is 27.6 Å². The topological polar surface area (TPSA) is 41.6 Å². The van der Waals surface area contributed by atoms with Crippen molar-refractivity contribution in [1.82, 2.24) is 4.90 Å². The van der Waals surface area contributed by atoms with Gasteiger partial charge in [0.05, 0.1) is 19.7 Å². The zero-order valence-corrected chi connectivity index (χ0v) is 17.4. The zero-order valence-electron chi connectivity index (χ0n) is 15.8. The van der Waals surface area contributed by atoms with Gasteiger partial charge in [-0.15, -0.1) is 0 Å². The molecule has 29 heavy (non-hydrogen) atoms. The normalized spacial score (nSPS) is 18.6. The van der Waals surface area contributed by atoms with Crippen LogP contribution in [0.2, 0.25) is 0 Å². The SMILES string of the molecule is COC(=O)CN1[C@H](c2ccccc2)c2cc(Br)ccc2N[C@H]1c1ccccc1F. The summed E-state index contributed by atoms with van der Waals surface area (Å²) in [4.78, 5) is 14.2. The zero-order chi connectivity index (χ0) is 20.4. The fourth-order valence-corrected chi connectivity index (χ4v) is 4.18. The van der Waals surface area contributed by atoms with Crippen LogP contribution in [0, 0.1) is 5.82 Å². The Morgan fingerprint density at radius 3 is 2.52 bits per heavy atom. The average Bonchev–Trinajstić information content (AvgIpc) is 2.74. The number of nitrogens with one attached hydrogen (secondary N) is 1. The van der Waals surface area contributed by atoms with Crippen molar-refractivity contribution in [2.24, 2.45) is 0 Å². The highest BCUT2D eigenvalue weighted by atomic mass is 79.9. The van der Waals surface area contributed by atoms with Gasteiger partial charge in [0.25, 0.3) is 0 Å². The Balaban J connectivity index is 1.91. The minimum absolute atomic E-state index is 0.00795. The minimum atomic E-state index is -0.533. The van der Waals surface area contributed by atoms with Crippen molar-refractivity contribution in [2.75, 3.05) is 19.0 Å². The number of methoxy groups -OCH3 is 1. The summed E-state index contributed by atoms with van der Waals surface area (Å²) in [7, 11) is 1.36. The van der Waals surface area contributed by atoms with Gasteiger partial charge in [-0.25, -0.2) is 4.39 Å². The summed E-state index contributed by atoms with van der Waals surface area (Å²) < 4.78 is 20.6. The fraction of sp³-hybridized carbons (Fsp3) is 0.174. The molecule has 0 unspecified atom stereocenters. The van der Waals surface area contributed by atoms with Crippen LogP contribution in [0.1, 0.15) is 28.9 Å². The van der Waals surface area contributed by atoms with Crippen LogP contribution in [0.4, 0.5) is 10.1 Å². The molecule has 0 spiro atoms. The number of esters is 1. The van der Waals surface area contributed by atoms with Crippen molar-refractivity contribution in [2.45, 2.75) is 12.2 Å². The van der Waals surface area contributed by atoms with Gasteiger partial charge in [0.15, 0.2) is 0 Å². The lowest BCUT2D eigenvalue weighted by Gasteiger charge is -2.44. The third-order valence-electron chi connectivity index (χ3n) is 5.12. The highest BCUT2D eigenvalue weighted by molar-refractivity contribution is 9.10. The van der Waals surface area contributed by atoms with Crippen LogP contribution >= 0.6 is 15.9 Å². The first-order valence-electron chi connectivity index (χ1n) is 9.26. The van der Waals surface area contributed by atoms with E-state index in [0.29, 0.717) is 5.56 Å². The van der Waals surface area contributed by atoms with Gasteiger partial charge < -0.3 is 10.1 Å². The predicted molar refractivity (Wildman–Crippen MR) is 114 cm³/mol. The molecule has 1 N–H and O–H groups in total. The van der Waals surface area contributed by atoms with E-state index in [0.717, 1.165) is 21.3 Å². The number of carbonyl (C=O) groups is 1. The summed E-state index contributed by atoms with van der Waals surface area (Å²) in [6.07, 6.45) is -0.533. The molecule has 0 saturated carbocycles. The van der Waals surface area contributed by atoms with Gasteiger partial charge in [-0.2, -0.15) is 0 Å². The largest absolute Gasteiger partial charge is 0.468 e. The number of fused-ring (bicyclic) bond motifs is 1. The quantitative estimate of drug-likeness (QED) is 0.544. The molecular weight excluding hydrogens is 435 g/mol. The van der Waals surface area contributed by atoms with E-state index in [-0.39, 0.29) is 24.4 Å². The van der Waals surface area contributed by atoms with Gasteiger partial charge in [-0.05, 0) is 35.4 Å². The van der Waals surface area contributed by atoms with E-state index in [4.69, 9.17) is 4.74 Å². The lowest BCUT2D eigenvalue weighted by Crippen LogP contribution is -2.44. The van der Waals surface area contributed by atoms with Crippen LogP contribution in [0.3, 0.4) is 0 Å². The first kappa shape index (κ1) is 19.6. The maximum atomic E-state index is 14.7. The predicted octanol–water partition coefficient (Wildman–Crippen LogP) is 5.28. The van der Waals surface area contributed by atoms with Crippen LogP contribution in [-0.2, 0) is 9.53 Å². The molecule has 1 heterocycles. The molecule has 1 aliphatic rings. The third kappa shape index (κ3) is 3.91. The molecule has 1 aliphatic heterocycles. The van der Waals surface area contributed by atoms with Gasteiger partial charge in [0.1, 0.15) is 12.0 Å². The van der Waals surface area contributed by atoms with E-state index in [2.05, 4.69) is 21.2 Å². The third-order valence-corrected chi connectivity index (χ3v) is 5.61. The van der Waals surface area contributed by atoms with E-state index in [9.17, 15) is 9.18 Å². The summed E-state index contributed by atoms with van der Waals surface area (Å²) in [5.74, 6) is -0.709. The first-order chi connectivity index (χ1) is 14.1. The highest BCUT2D eigenvalue weighted by Crippen LogP contribution is 2.45. The van der Waals surface area contributed by atoms with Gasteiger partial charge in [0.2, 0.25) is 0 Å². The molecule has 0 saturated heterocycles. The molecule has 4 rings (SSSR count). The summed E-state index contributed by atoms with van der Waals surface area (Å²) in [5, 5.41) is 3.42. The Hall–Kier alpha value is -2.70. The van der Waals surface area contributed by atoms with E-state index >= 15 is 0 Å². The Morgan fingerprint density at radius 2 is 1.79 bits per heavy atom. The molecule has 3 aromatic carbocycles. The number of anilines is 1. The van der Waals surface area contributed by atoms with E-state index in [1.807, 2.05) is 53.4 Å². The molecule has 2 atom stereocenters. The Kier molecular flexibility index (Phi) is 5.65. The standard InChI is InChI=1S/C23H20BrFN2O2/c1-29-21(28)14-27-22(15-7-3-2-4-8-15)18-13-16(24)11-12-20(18)26-23(27)17-9-5-6-10-19(17)25/h2-13,22-23,26H,14H2,1H3/t22-,23-/m1/s1. The van der Waals surface area contributed by atoms with Gasteiger partial charge in [-0.1, -0.05) is 64.5 Å².